The maximum absolute atomic E-state index is 12.8. The summed E-state index contributed by atoms with van der Waals surface area (Å²) in [5.41, 5.74) is 1.84. The molecule has 0 spiro atoms. The molecule has 1 aliphatic heterocycles. The van der Waals surface area contributed by atoms with Crippen LogP contribution in [-0.2, 0) is 16.0 Å². The molecule has 0 saturated heterocycles. The van der Waals surface area contributed by atoms with E-state index in [-0.39, 0.29) is 24.1 Å². The average molecular weight is 314 g/mol. The largest absolute Gasteiger partial charge is 0.491 e. The molecule has 118 valence electrons. The second kappa shape index (κ2) is 6.48. The van der Waals surface area contributed by atoms with Crippen LogP contribution in [0.25, 0.3) is 0 Å². The van der Waals surface area contributed by atoms with E-state index in [1.165, 1.54) is 24.3 Å². The van der Waals surface area contributed by atoms with E-state index in [1.54, 1.807) is 18.2 Å². The van der Waals surface area contributed by atoms with Crippen LogP contribution in [0.4, 0.5) is 15.8 Å². The van der Waals surface area contributed by atoms with Gasteiger partial charge in [-0.1, -0.05) is 6.07 Å². The molecule has 0 saturated carbocycles. The van der Waals surface area contributed by atoms with Crippen LogP contribution in [-0.4, -0.2) is 18.4 Å². The summed E-state index contributed by atoms with van der Waals surface area (Å²) in [4.78, 5) is 23.6. The smallest absolute Gasteiger partial charge is 0.228 e. The fourth-order valence-corrected chi connectivity index (χ4v) is 2.30. The van der Waals surface area contributed by atoms with Gasteiger partial charge in [0.15, 0.2) is 0 Å². The van der Waals surface area contributed by atoms with Crippen LogP contribution in [0.3, 0.4) is 0 Å². The van der Waals surface area contributed by atoms with E-state index >= 15 is 0 Å². The van der Waals surface area contributed by atoms with E-state index < -0.39 is 0 Å². The molecule has 1 aliphatic rings. The summed E-state index contributed by atoms with van der Waals surface area (Å²) < 4.78 is 18.3. The number of benzene rings is 2. The van der Waals surface area contributed by atoms with Gasteiger partial charge in [-0.3, -0.25) is 9.59 Å². The van der Waals surface area contributed by atoms with Gasteiger partial charge in [0, 0.05) is 5.69 Å². The number of ether oxygens (including phenoxy) is 1. The molecular formula is C17H15FN2O3. The zero-order valence-electron chi connectivity index (χ0n) is 12.3. The second-order valence-corrected chi connectivity index (χ2v) is 5.21. The maximum Gasteiger partial charge on any atom is 0.228 e. The van der Waals surface area contributed by atoms with Crippen molar-refractivity contribution in [2.75, 3.05) is 17.2 Å². The molecule has 0 fully saturated rings. The Morgan fingerprint density at radius 3 is 2.78 bits per heavy atom. The van der Waals surface area contributed by atoms with Gasteiger partial charge in [0.2, 0.25) is 11.8 Å². The molecule has 0 unspecified atom stereocenters. The van der Waals surface area contributed by atoms with Gasteiger partial charge in [0.1, 0.15) is 11.6 Å². The fourth-order valence-electron chi connectivity index (χ4n) is 2.30. The third-order valence-corrected chi connectivity index (χ3v) is 3.40. The van der Waals surface area contributed by atoms with Crippen molar-refractivity contribution in [2.24, 2.45) is 0 Å². The summed E-state index contributed by atoms with van der Waals surface area (Å²) in [5.74, 6) is -0.0999. The molecule has 0 radical (unpaired) electrons. The van der Waals surface area contributed by atoms with Gasteiger partial charge in [-0.25, -0.2) is 4.39 Å². The van der Waals surface area contributed by atoms with Gasteiger partial charge in [0.05, 0.1) is 25.1 Å². The van der Waals surface area contributed by atoms with E-state index in [0.717, 1.165) is 5.56 Å². The lowest BCUT2D eigenvalue weighted by atomic mass is 10.1. The number of amides is 2. The predicted octanol–water partition coefficient (Wildman–Crippen LogP) is 2.73. The Morgan fingerprint density at radius 1 is 1.22 bits per heavy atom. The predicted molar refractivity (Wildman–Crippen MR) is 83.9 cm³/mol. The highest BCUT2D eigenvalue weighted by molar-refractivity contribution is 5.94. The molecule has 0 bridgehead atoms. The van der Waals surface area contributed by atoms with Crippen molar-refractivity contribution in [3.05, 3.63) is 53.8 Å². The van der Waals surface area contributed by atoms with Crippen LogP contribution in [0.2, 0.25) is 0 Å². The topological polar surface area (TPSA) is 67.4 Å². The highest BCUT2D eigenvalue weighted by atomic mass is 19.1. The van der Waals surface area contributed by atoms with E-state index in [0.29, 0.717) is 30.2 Å². The van der Waals surface area contributed by atoms with Gasteiger partial charge in [-0.15, -0.1) is 0 Å². The normalized spacial score (nSPS) is 13.3. The number of halogens is 1. The Morgan fingerprint density at radius 2 is 2.00 bits per heavy atom. The highest BCUT2D eigenvalue weighted by Crippen LogP contribution is 2.28. The standard InChI is InChI=1S/C17H15FN2O3/c18-12-2-4-13(5-3-12)19-17(22)10-11-1-6-15-14(9-11)20-16(21)7-8-23-15/h1-6,9H,7-8,10H2,(H,19,22)(H,20,21). The zero-order chi connectivity index (χ0) is 16.2. The molecule has 2 aromatic carbocycles. The van der Waals surface area contributed by atoms with Crippen molar-refractivity contribution in [1.29, 1.82) is 0 Å². The number of nitrogens with one attached hydrogen (secondary N) is 2. The molecule has 3 rings (SSSR count). The summed E-state index contributed by atoms with van der Waals surface area (Å²) in [6.45, 7) is 0.337. The van der Waals surface area contributed by atoms with Gasteiger partial charge in [0.25, 0.3) is 0 Å². The van der Waals surface area contributed by atoms with Crippen LogP contribution in [0.1, 0.15) is 12.0 Å². The van der Waals surface area contributed by atoms with Crippen molar-refractivity contribution in [1.82, 2.24) is 0 Å². The number of carbonyl (C=O) groups excluding carboxylic acids is 2. The molecule has 0 aromatic heterocycles. The Bertz CT molecular complexity index is 744. The van der Waals surface area contributed by atoms with Crippen LogP contribution in [0.5, 0.6) is 5.75 Å². The second-order valence-electron chi connectivity index (χ2n) is 5.21. The molecule has 0 aliphatic carbocycles. The van der Waals surface area contributed by atoms with Gasteiger partial charge < -0.3 is 15.4 Å². The van der Waals surface area contributed by atoms with E-state index in [4.69, 9.17) is 4.74 Å². The molecule has 23 heavy (non-hydrogen) atoms. The van der Waals surface area contributed by atoms with Crippen molar-refractivity contribution >= 4 is 23.2 Å². The number of rotatable bonds is 3. The van der Waals surface area contributed by atoms with E-state index in [9.17, 15) is 14.0 Å². The lowest BCUT2D eigenvalue weighted by Gasteiger charge is -2.10. The molecule has 2 aromatic rings. The Kier molecular flexibility index (Phi) is 4.23. The molecular weight excluding hydrogens is 299 g/mol. The molecule has 2 N–H and O–H groups in total. The number of carbonyl (C=O) groups is 2. The van der Waals surface area contributed by atoms with Crippen molar-refractivity contribution in [2.45, 2.75) is 12.8 Å². The molecule has 1 heterocycles. The monoisotopic (exact) mass is 314 g/mol. The summed E-state index contributed by atoms with van der Waals surface area (Å²) in [6, 6.07) is 10.8. The quantitative estimate of drug-likeness (QED) is 0.915. The minimum atomic E-state index is -0.357. The third-order valence-electron chi connectivity index (χ3n) is 3.40. The first-order chi connectivity index (χ1) is 11.1. The molecule has 5 nitrogen and oxygen atoms in total. The fraction of sp³-hybridized carbons (Fsp3) is 0.176. The molecule has 6 heteroatoms. The first-order valence-corrected chi connectivity index (χ1v) is 7.21. The van der Waals surface area contributed by atoms with Gasteiger partial charge in [-0.2, -0.15) is 0 Å². The first-order valence-electron chi connectivity index (χ1n) is 7.21. The van der Waals surface area contributed by atoms with E-state index in [2.05, 4.69) is 10.6 Å². The number of fused-ring (bicyclic) bond motifs is 1. The minimum absolute atomic E-state index is 0.114. The summed E-state index contributed by atoms with van der Waals surface area (Å²) in [6.07, 6.45) is 0.440. The van der Waals surface area contributed by atoms with E-state index in [1.807, 2.05) is 0 Å². The third kappa shape index (κ3) is 3.85. The van der Waals surface area contributed by atoms with Gasteiger partial charge >= 0.3 is 0 Å². The minimum Gasteiger partial charge on any atom is -0.491 e. The Balaban J connectivity index is 1.69. The summed E-state index contributed by atoms with van der Waals surface area (Å²) in [5, 5.41) is 5.45. The number of hydrogen-bond donors (Lipinski definition) is 2. The van der Waals surface area contributed by atoms with Crippen molar-refractivity contribution < 1.29 is 18.7 Å². The van der Waals surface area contributed by atoms with Crippen LogP contribution in [0.15, 0.2) is 42.5 Å². The summed E-state index contributed by atoms with van der Waals surface area (Å²) in [7, 11) is 0. The van der Waals surface area contributed by atoms with Crippen LogP contribution in [0, 0.1) is 5.82 Å². The van der Waals surface area contributed by atoms with Crippen LogP contribution >= 0.6 is 0 Å². The average Bonchev–Trinajstić information content (AvgIpc) is 2.69. The maximum atomic E-state index is 12.8. The first kappa shape index (κ1) is 15.0. The highest BCUT2D eigenvalue weighted by Gasteiger charge is 2.15. The van der Waals surface area contributed by atoms with Crippen molar-refractivity contribution in [3.63, 3.8) is 0 Å². The van der Waals surface area contributed by atoms with Crippen molar-refractivity contribution in [3.8, 4) is 5.75 Å². The van der Waals surface area contributed by atoms with Gasteiger partial charge in [-0.05, 0) is 42.0 Å². The zero-order valence-corrected chi connectivity index (χ0v) is 12.3. The molecule has 2 amide bonds. The lowest BCUT2D eigenvalue weighted by molar-refractivity contribution is -0.116. The molecule has 0 atom stereocenters. The number of anilines is 2. The Labute approximate surface area is 132 Å². The number of hydrogen-bond acceptors (Lipinski definition) is 3. The Hall–Kier alpha value is -2.89. The van der Waals surface area contributed by atoms with Crippen LogP contribution < -0.4 is 15.4 Å². The lowest BCUT2D eigenvalue weighted by Crippen LogP contribution is -2.15. The summed E-state index contributed by atoms with van der Waals surface area (Å²) >= 11 is 0. The SMILES string of the molecule is O=C(Cc1ccc2c(c1)NC(=O)CCO2)Nc1ccc(F)cc1.